The molecule has 0 saturated carbocycles. The lowest BCUT2D eigenvalue weighted by Gasteiger charge is -2.32. The van der Waals surface area contributed by atoms with Gasteiger partial charge in [0.25, 0.3) is 0 Å². The molecule has 2 aromatic carbocycles. The third kappa shape index (κ3) is 12.7. The summed E-state index contributed by atoms with van der Waals surface area (Å²) in [7, 11) is 2.20. The molecule has 0 bridgehead atoms. The fraction of sp³-hybridized carbons (Fsp3) is 0.647. The maximum absolute atomic E-state index is 5.89. The second-order valence-electron chi connectivity index (χ2n) is 11.7. The number of nitrogens with zero attached hydrogens (tertiary/aromatic N) is 3. The number of likely N-dealkylation sites (tertiary alicyclic amines) is 1. The summed E-state index contributed by atoms with van der Waals surface area (Å²) in [5, 5.41) is 0. The summed E-state index contributed by atoms with van der Waals surface area (Å²) in [4.78, 5) is 7.47. The first-order valence-corrected chi connectivity index (χ1v) is 15.8. The van der Waals surface area contributed by atoms with Crippen LogP contribution in [0.25, 0.3) is 0 Å². The Labute approximate surface area is 248 Å². The average Bonchev–Trinajstić information content (AvgIpc) is 3.00. The molecule has 0 atom stereocenters. The van der Waals surface area contributed by atoms with E-state index >= 15 is 0 Å². The minimum absolute atomic E-state index is 0.601. The minimum atomic E-state index is 0.601. The summed E-state index contributed by atoms with van der Waals surface area (Å²) in [6.45, 7) is 15.4. The van der Waals surface area contributed by atoms with Crippen molar-refractivity contribution in [2.45, 2.75) is 39.0 Å². The van der Waals surface area contributed by atoms with Crippen molar-refractivity contribution in [1.29, 1.82) is 0 Å². The molecule has 7 nitrogen and oxygen atoms in total. The molecule has 0 radical (unpaired) electrons. The normalized spacial score (nSPS) is 17.6. The molecular weight excluding hydrogens is 514 g/mol. The molecule has 4 rings (SSSR count). The molecule has 228 valence electrons. The molecule has 0 N–H and O–H groups in total. The summed E-state index contributed by atoms with van der Waals surface area (Å²) in [6.07, 6.45) is 6.07. The number of hydrogen-bond donors (Lipinski definition) is 0. The van der Waals surface area contributed by atoms with E-state index in [1.807, 2.05) is 12.1 Å². The highest BCUT2D eigenvalue weighted by Crippen LogP contribution is 2.23. The zero-order chi connectivity index (χ0) is 28.5. The number of benzene rings is 2. The van der Waals surface area contributed by atoms with Crippen molar-refractivity contribution in [3.8, 4) is 11.5 Å². The summed E-state index contributed by atoms with van der Waals surface area (Å²) < 4.78 is 23.2. The molecular formula is C34H53N3O4. The number of rotatable bonds is 18. The smallest absolute Gasteiger partial charge is 0.119 e. The number of ether oxygens (including phenoxy) is 4. The predicted octanol–water partition coefficient (Wildman–Crippen LogP) is 4.77. The lowest BCUT2D eigenvalue weighted by atomic mass is 9.90. The maximum atomic E-state index is 5.89. The van der Waals surface area contributed by atoms with Crippen LogP contribution < -0.4 is 9.47 Å². The lowest BCUT2D eigenvalue weighted by Crippen LogP contribution is -2.44. The molecule has 0 aliphatic carbocycles. The molecule has 2 aromatic rings. The largest absolute Gasteiger partial charge is 0.491 e. The van der Waals surface area contributed by atoms with Gasteiger partial charge in [-0.25, -0.2) is 0 Å². The standard InChI is InChI=1S/C34H53N3O4/c1-30-4-10-33(11-5-30)40-29-27-39-25-23-37-17-14-32(15-18-37)7-6-31-8-12-34(13-9-31)41-28-26-38-24-3-16-36-21-19-35(2)20-22-36/h4-5,8-13,32H,3,6-7,14-29H2,1-2H3. The van der Waals surface area contributed by atoms with Crippen LogP contribution in [0.5, 0.6) is 11.5 Å². The molecule has 41 heavy (non-hydrogen) atoms. The van der Waals surface area contributed by atoms with Gasteiger partial charge in [-0.1, -0.05) is 29.8 Å². The minimum Gasteiger partial charge on any atom is -0.491 e. The number of likely N-dealkylation sites (N-methyl/N-ethyl adjacent to an activating group) is 1. The molecule has 0 aromatic heterocycles. The fourth-order valence-electron chi connectivity index (χ4n) is 5.55. The Morgan fingerprint density at radius 1 is 0.634 bits per heavy atom. The Balaban J connectivity index is 0.959. The molecule has 7 heteroatoms. The summed E-state index contributed by atoms with van der Waals surface area (Å²) in [6, 6.07) is 16.8. The molecule has 2 aliphatic heterocycles. The Hall–Kier alpha value is -2.16. The van der Waals surface area contributed by atoms with Gasteiger partial charge in [-0.05, 0) is 94.9 Å². The predicted molar refractivity (Wildman–Crippen MR) is 166 cm³/mol. The average molecular weight is 568 g/mol. The monoisotopic (exact) mass is 567 g/mol. The van der Waals surface area contributed by atoms with E-state index in [1.165, 1.54) is 69.7 Å². The Morgan fingerprint density at radius 2 is 1.22 bits per heavy atom. The first-order valence-electron chi connectivity index (χ1n) is 15.8. The first-order chi connectivity index (χ1) is 20.1. The van der Waals surface area contributed by atoms with Crippen molar-refractivity contribution in [3.05, 3.63) is 59.7 Å². The number of aryl methyl sites for hydroxylation is 2. The lowest BCUT2D eigenvalue weighted by molar-refractivity contribution is 0.0693. The summed E-state index contributed by atoms with van der Waals surface area (Å²) in [5.41, 5.74) is 2.65. The van der Waals surface area contributed by atoms with Gasteiger partial charge in [-0.3, -0.25) is 0 Å². The molecule has 0 spiro atoms. The van der Waals surface area contributed by atoms with E-state index in [1.54, 1.807) is 0 Å². The van der Waals surface area contributed by atoms with E-state index < -0.39 is 0 Å². The molecule has 0 unspecified atom stereocenters. The van der Waals surface area contributed by atoms with Gasteiger partial charge in [-0.2, -0.15) is 0 Å². The van der Waals surface area contributed by atoms with Gasteiger partial charge in [-0.15, -0.1) is 0 Å². The van der Waals surface area contributed by atoms with Crippen LogP contribution in [0.4, 0.5) is 0 Å². The topological polar surface area (TPSA) is 46.6 Å². The number of piperidine rings is 1. The van der Waals surface area contributed by atoms with Crippen LogP contribution >= 0.6 is 0 Å². The van der Waals surface area contributed by atoms with Gasteiger partial charge in [0.1, 0.15) is 24.7 Å². The third-order valence-corrected chi connectivity index (χ3v) is 8.40. The van der Waals surface area contributed by atoms with E-state index in [2.05, 4.69) is 65.1 Å². The van der Waals surface area contributed by atoms with Crippen molar-refractivity contribution in [2.75, 3.05) is 99.0 Å². The zero-order valence-electron chi connectivity index (χ0n) is 25.6. The molecule has 2 aliphatic rings. The van der Waals surface area contributed by atoms with Crippen molar-refractivity contribution < 1.29 is 18.9 Å². The van der Waals surface area contributed by atoms with Crippen molar-refractivity contribution in [1.82, 2.24) is 14.7 Å². The number of hydrogen-bond acceptors (Lipinski definition) is 7. The maximum Gasteiger partial charge on any atom is 0.119 e. The van der Waals surface area contributed by atoms with Crippen LogP contribution in [0.15, 0.2) is 48.5 Å². The van der Waals surface area contributed by atoms with Gasteiger partial charge in [0, 0.05) is 45.9 Å². The van der Waals surface area contributed by atoms with Crippen molar-refractivity contribution in [3.63, 3.8) is 0 Å². The highest BCUT2D eigenvalue weighted by Gasteiger charge is 2.19. The third-order valence-electron chi connectivity index (χ3n) is 8.40. The SMILES string of the molecule is Cc1ccc(OCCOCCN2CCC(CCc3ccc(OCCOCCCN4CCN(C)CC4)cc3)CC2)cc1. The van der Waals surface area contributed by atoms with Crippen molar-refractivity contribution in [2.24, 2.45) is 5.92 Å². The van der Waals surface area contributed by atoms with Crippen LogP contribution in [0, 0.1) is 12.8 Å². The van der Waals surface area contributed by atoms with Crippen LogP contribution in [-0.4, -0.2) is 114 Å². The molecule has 2 heterocycles. The second-order valence-corrected chi connectivity index (χ2v) is 11.7. The van der Waals surface area contributed by atoms with E-state index in [0.717, 1.165) is 56.6 Å². The van der Waals surface area contributed by atoms with Gasteiger partial charge < -0.3 is 33.6 Å². The van der Waals surface area contributed by atoms with Crippen LogP contribution in [0.2, 0.25) is 0 Å². The Kier molecular flexibility index (Phi) is 14.3. The molecule has 0 amide bonds. The highest BCUT2D eigenvalue weighted by atomic mass is 16.5. The van der Waals surface area contributed by atoms with E-state index in [9.17, 15) is 0 Å². The molecule has 2 fully saturated rings. The zero-order valence-corrected chi connectivity index (χ0v) is 25.6. The van der Waals surface area contributed by atoms with E-state index in [-0.39, 0.29) is 0 Å². The summed E-state index contributed by atoms with van der Waals surface area (Å²) in [5.74, 6) is 2.67. The van der Waals surface area contributed by atoms with Gasteiger partial charge in [0.15, 0.2) is 0 Å². The highest BCUT2D eigenvalue weighted by molar-refractivity contribution is 5.27. The van der Waals surface area contributed by atoms with Crippen molar-refractivity contribution >= 4 is 0 Å². The van der Waals surface area contributed by atoms with Crippen LogP contribution in [0.1, 0.15) is 36.8 Å². The van der Waals surface area contributed by atoms with Gasteiger partial charge >= 0.3 is 0 Å². The Morgan fingerprint density at radius 3 is 1.88 bits per heavy atom. The van der Waals surface area contributed by atoms with Gasteiger partial charge in [0.2, 0.25) is 0 Å². The van der Waals surface area contributed by atoms with Gasteiger partial charge in [0.05, 0.1) is 19.8 Å². The van der Waals surface area contributed by atoms with E-state index in [0.29, 0.717) is 26.4 Å². The number of piperazine rings is 1. The summed E-state index contributed by atoms with van der Waals surface area (Å²) >= 11 is 0. The molecule has 2 saturated heterocycles. The second kappa shape index (κ2) is 18.4. The van der Waals surface area contributed by atoms with E-state index in [4.69, 9.17) is 18.9 Å². The quantitative estimate of drug-likeness (QED) is 0.241. The van der Waals surface area contributed by atoms with Crippen LogP contribution in [-0.2, 0) is 15.9 Å². The Bertz CT molecular complexity index is 939. The first kappa shape index (κ1) is 31.8. The fourth-order valence-corrected chi connectivity index (χ4v) is 5.55. The van der Waals surface area contributed by atoms with Crippen LogP contribution in [0.3, 0.4) is 0 Å².